The van der Waals surface area contributed by atoms with Crippen molar-refractivity contribution in [2.24, 2.45) is 0 Å². The first-order valence-electron chi connectivity index (χ1n) is 6.07. The van der Waals surface area contributed by atoms with Gasteiger partial charge in [0.25, 0.3) is 0 Å². The maximum Gasteiger partial charge on any atom is 0.0867 e. The molecule has 1 rings (SSSR count). The van der Waals surface area contributed by atoms with Crippen LogP contribution in [0.15, 0.2) is 23.1 Å². The van der Waals surface area contributed by atoms with Crippen LogP contribution in [0.4, 0.5) is 5.69 Å². The third-order valence-electron chi connectivity index (χ3n) is 2.34. The summed E-state index contributed by atoms with van der Waals surface area (Å²) in [4.78, 5) is 0.893. The molecular formula is C13H20ClNO2S. The van der Waals surface area contributed by atoms with Gasteiger partial charge in [0.05, 0.1) is 17.7 Å². The zero-order valence-corrected chi connectivity index (χ0v) is 12.1. The van der Waals surface area contributed by atoms with Crippen molar-refractivity contribution in [3.8, 4) is 0 Å². The summed E-state index contributed by atoms with van der Waals surface area (Å²) in [6.45, 7) is 3.18. The number of thioether (sulfide) groups is 1. The highest BCUT2D eigenvalue weighted by atomic mass is 35.5. The quantitative estimate of drug-likeness (QED) is 0.438. The number of rotatable bonds is 8. The number of benzene rings is 1. The van der Waals surface area contributed by atoms with Gasteiger partial charge in [-0.05, 0) is 24.6 Å². The summed E-state index contributed by atoms with van der Waals surface area (Å²) < 4.78 is 5.36. The zero-order chi connectivity index (χ0) is 13.4. The topological polar surface area (TPSA) is 55.5 Å². The molecule has 3 N–H and O–H groups in total. The number of aliphatic hydroxyl groups excluding tert-OH is 1. The van der Waals surface area contributed by atoms with Crippen molar-refractivity contribution >= 4 is 29.1 Å². The van der Waals surface area contributed by atoms with E-state index in [0.717, 1.165) is 17.7 Å². The highest BCUT2D eigenvalue weighted by molar-refractivity contribution is 7.99. The van der Waals surface area contributed by atoms with E-state index < -0.39 is 6.10 Å². The first-order valence-corrected chi connectivity index (χ1v) is 7.43. The minimum absolute atomic E-state index is 0.368. The summed E-state index contributed by atoms with van der Waals surface area (Å²) in [6, 6.07) is 5.34. The lowest BCUT2D eigenvalue weighted by molar-refractivity contribution is 0.0473. The molecule has 0 aromatic heterocycles. The third kappa shape index (κ3) is 5.96. The molecule has 1 aromatic carbocycles. The van der Waals surface area contributed by atoms with Crippen LogP contribution in [-0.2, 0) is 4.74 Å². The molecule has 5 heteroatoms. The van der Waals surface area contributed by atoms with Crippen LogP contribution in [0.25, 0.3) is 0 Å². The Balaban J connectivity index is 2.29. The molecule has 1 atom stereocenters. The van der Waals surface area contributed by atoms with Crippen molar-refractivity contribution in [2.75, 3.05) is 24.7 Å². The van der Waals surface area contributed by atoms with Crippen LogP contribution < -0.4 is 5.73 Å². The van der Waals surface area contributed by atoms with E-state index in [0.29, 0.717) is 29.7 Å². The van der Waals surface area contributed by atoms with E-state index in [1.807, 2.05) is 6.07 Å². The lowest BCUT2D eigenvalue weighted by Crippen LogP contribution is -2.18. The molecule has 102 valence electrons. The van der Waals surface area contributed by atoms with E-state index in [4.69, 9.17) is 22.1 Å². The molecule has 0 saturated carbocycles. The van der Waals surface area contributed by atoms with Crippen LogP contribution in [0, 0.1) is 0 Å². The third-order valence-corrected chi connectivity index (χ3v) is 3.98. The van der Waals surface area contributed by atoms with Gasteiger partial charge in [-0.1, -0.05) is 24.9 Å². The number of nitrogens with two attached hydrogens (primary N) is 1. The standard InChI is InChI=1S/C13H20ClNO2S/c1-2-3-6-17-8-11(16)9-18-13-7-10(15)4-5-12(13)14/h4-5,7,11,16H,2-3,6,8-9,15H2,1H3. The summed E-state index contributed by atoms with van der Waals surface area (Å²) in [7, 11) is 0. The first-order chi connectivity index (χ1) is 8.63. The zero-order valence-electron chi connectivity index (χ0n) is 10.6. The number of hydrogen-bond donors (Lipinski definition) is 2. The van der Waals surface area contributed by atoms with Crippen LogP contribution in [-0.4, -0.2) is 30.2 Å². The predicted molar refractivity (Wildman–Crippen MR) is 78.3 cm³/mol. The number of hydrogen-bond acceptors (Lipinski definition) is 4. The highest BCUT2D eigenvalue weighted by Gasteiger charge is 2.08. The van der Waals surface area contributed by atoms with Crippen LogP contribution in [0.5, 0.6) is 0 Å². The van der Waals surface area contributed by atoms with E-state index in [-0.39, 0.29) is 0 Å². The molecular weight excluding hydrogens is 270 g/mol. The highest BCUT2D eigenvalue weighted by Crippen LogP contribution is 2.29. The Labute approximate surface area is 118 Å². The Kier molecular flexibility index (Phi) is 7.51. The molecule has 0 amide bonds. The number of unbranched alkanes of at least 4 members (excludes halogenated alkanes) is 1. The van der Waals surface area contributed by atoms with Gasteiger partial charge in [-0.3, -0.25) is 0 Å². The van der Waals surface area contributed by atoms with Crippen LogP contribution in [0.3, 0.4) is 0 Å². The second-order valence-corrected chi connectivity index (χ2v) is 5.55. The summed E-state index contributed by atoms with van der Waals surface area (Å²) >= 11 is 7.53. The molecule has 0 heterocycles. The molecule has 1 unspecified atom stereocenters. The fourth-order valence-electron chi connectivity index (χ4n) is 1.33. The largest absolute Gasteiger partial charge is 0.399 e. The predicted octanol–water partition coefficient (Wildman–Crippen LogP) is 3.19. The fraction of sp³-hybridized carbons (Fsp3) is 0.538. The summed E-state index contributed by atoms with van der Waals surface area (Å²) in [5.74, 6) is 0.551. The van der Waals surface area contributed by atoms with E-state index in [9.17, 15) is 5.11 Å². The number of nitrogen functional groups attached to an aromatic ring is 1. The minimum Gasteiger partial charge on any atom is -0.399 e. The van der Waals surface area contributed by atoms with Crippen LogP contribution >= 0.6 is 23.4 Å². The summed E-state index contributed by atoms with van der Waals surface area (Å²) in [5.41, 5.74) is 6.36. The van der Waals surface area contributed by atoms with E-state index in [1.54, 1.807) is 12.1 Å². The molecule has 0 aliphatic heterocycles. The van der Waals surface area contributed by atoms with Gasteiger partial charge < -0.3 is 15.6 Å². The van der Waals surface area contributed by atoms with Gasteiger partial charge in [-0.15, -0.1) is 11.8 Å². The Morgan fingerprint density at radius 3 is 3.00 bits per heavy atom. The Morgan fingerprint density at radius 1 is 1.50 bits per heavy atom. The summed E-state index contributed by atoms with van der Waals surface area (Å²) in [5, 5.41) is 10.4. The Morgan fingerprint density at radius 2 is 2.28 bits per heavy atom. The second-order valence-electron chi connectivity index (χ2n) is 4.08. The van der Waals surface area contributed by atoms with Crippen molar-refractivity contribution in [3.63, 3.8) is 0 Å². The van der Waals surface area contributed by atoms with Gasteiger partial charge in [-0.2, -0.15) is 0 Å². The average Bonchev–Trinajstić information content (AvgIpc) is 2.36. The molecule has 0 spiro atoms. The molecule has 0 aliphatic carbocycles. The monoisotopic (exact) mass is 289 g/mol. The van der Waals surface area contributed by atoms with Gasteiger partial charge in [0.15, 0.2) is 0 Å². The Hall–Kier alpha value is -0.420. The van der Waals surface area contributed by atoms with E-state index >= 15 is 0 Å². The van der Waals surface area contributed by atoms with E-state index in [1.165, 1.54) is 11.8 Å². The lowest BCUT2D eigenvalue weighted by Gasteiger charge is -2.11. The van der Waals surface area contributed by atoms with Gasteiger partial charge in [0, 0.05) is 22.9 Å². The van der Waals surface area contributed by atoms with Gasteiger partial charge in [0.1, 0.15) is 0 Å². The van der Waals surface area contributed by atoms with Crippen LogP contribution in [0.1, 0.15) is 19.8 Å². The number of anilines is 1. The minimum atomic E-state index is -0.482. The maximum atomic E-state index is 9.75. The number of halogens is 1. The molecule has 0 bridgehead atoms. The lowest BCUT2D eigenvalue weighted by atomic mass is 10.3. The van der Waals surface area contributed by atoms with Crippen molar-refractivity contribution in [1.82, 2.24) is 0 Å². The first kappa shape index (κ1) is 15.6. The van der Waals surface area contributed by atoms with Gasteiger partial charge >= 0.3 is 0 Å². The molecule has 0 aliphatic rings. The summed E-state index contributed by atoms with van der Waals surface area (Å²) in [6.07, 6.45) is 1.65. The van der Waals surface area contributed by atoms with Crippen LogP contribution in [0.2, 0.25) is 5.02 Å². The van der Waals surface area contributed by atoms with Crippen molar-refractivity contribution in [3.05, 3.63) is 23.2 Å². The number of ether oxygens (including phenoxy) is 1. The normalized spacial score (nSPS) is 12.6. The van der Waals surface area contributed by atoms with Gasteiger partial charge in [-0.25, -0.2) is 0 Å². The molecule has 3 nitrogen and oxygen atoms in total. The van der Waals surface area contributed by atoms with E-state index in [2.05, 4.69) is 6.92 Å². The average molecular weight is 290 g/mol. The Bertz CT molecular complexity index is 363. The molecule has 18 heavy (non-hydrogen) atoms. The fourth-order valence-corrected chi connectivity index (χ4v) is 2.51. The molecule has 0 saturated heterocycles. The molecule has 0 radical (unpaired) electrons. The van der Waals surface area contributed by atoms with Gasteiger partial charge in [0.2, 0.25) is 0 Å². The maximum absolute atomic E-state index is 9.75. The SMILES string of the molecule is CCCCOCC(O)CSc1cc(N)ccc1Cl. The molecule has 0 fully saturated rings. The number of aliphatic hydroxyl groups is 1. The molecule has 1 aromatic rings. The van der Waals surface area contributed by atoms with Crippen molar-refractivity contribution in [2.45, 2.75) is 30.8 Å². The smallest absolute Gasteiger partial charge is 0.0867 e. The van der Waals surface area contributed by atoms with Crippen molar-refractivity contribution in [1.29, 1.82) is 0 Å². The second kappa shape index (κ2) is 8.64. The van der Waals surface area contributed by atoms with Crippen molar-refractivity contribution < 1.29 is 9.84 Å².